The number of barbiturate groups is 1. The molecular formula is C30H19Br2ClN2O4. The van der Waals surface area contributed by atoms with Crippen LogP contribution in [-0.2, 0) is 16.2 Å². The summed E-state index contributed by atoms with van der Waals surface area (Å²) in [6.45, 7) is 0.245. The molecule has 1 aliphatic rings. The van der Waals surface area contributed by atoms with E-state index in [1.807, 2.05) is 18.2 Å². The van der Waals surface area contributed by atoms with E-state index in [0.717, 1.165) is 15.4 Å². The molecule has 39 heavy (non-hydrogen) atoms. The molecule has 1 fully saturated rings. The summed E-state index contributed by atoms with van der Waals surface area (Å²) in [5, 5.41) is 0.598. The molecule has 4 amide bonds. The standard InChI is InChI=1S/C30H19Br2ClN2O4/c31-24-16-19(17-25(32)27(24)39-18-20-9-7-8-14-26(20)33)15-23-28(36)34(21-10-3-1-4-11-21)30(38)35(29(23)37)22-12-5-2-6-13-22/h1-17H,18H2. The van der Waals surface area contributed by atoms with Crippen LogP contribution in [-0.4, -0.2) is 17.8 Å². The molecule has 0 atom stereocenters. The van der Waals surface area contributed by atoms with Crippen molar-refractivity contribution in [2.24, 2.45) is 0 Å². The Kier molecular flexibility index (Phi) is 7.97. The number of urea groups is 1. The smallest absolute Gasteiger partial charge is 0.343 e. The number of ether oxygens (including phenoxy) is 1. The van der Waals surface area contributed by atoms with Gasteiger partial charge >= 0.3 is 6.03 Å². The van der Waals surface area contributed by atoms with E-state index >= 15 is 0 Å². The molecule has 6 nitrogen and oxygen atoms in total. The number of hydrogen-bond acceptors (Lipinski definition) is 4. The molecule has 0 aromatic heterocycles. The monoisotopic (exact) mass is 664 g/mol. The van der Waals surface area contributed by atoms with E-state index in [9.17, 15) is 14.4 Å². The summed E-state index contributed by atoms with van der Waals surface area (Å²) in [4.78, 5) is 42.6. The van der Waals surface area contributed by atoms with Crippen molar-refractivity contribution in [3.8, 4) is 5.75 Å². The summed E-state index contributed by atoms with van der Waals surface area (Å²) < 4.78 is 7.19. The van der Waals surface area contributed by atoms with Crippen LogP contribution in [0, 0.1) is 0 Å². The van der Waals surface area contributed by atoms with Gasteiger partial charge in [0, 0.05) is 10.6 Å². The summed E-state index contributed by atoms with van der Waals surface area (Å²) in [7, 11) is 0. The van der Waals surface area contributed by atoms with Gasteiger partial charge in [-0.3, -0.25) is 9.59 Å². The van der Waals surface area contributed by atoms with Crippen molar-refractivity contribution >= 4 is 78.8 Å². The first-order chi connectivity index (χ1) is 18.8. The van der Waals surface area contributed by atoms with Gasteiger partial charge in [0.1, 0.15) is 17.9 Å². The second-order valence-corrected chi connectivity index (χ2v) is 10.6. The quantitative estimate of drug-likeness (QED) is 0.154. The molecule has 4 aromatic carbocycles. The summed E-state index contributed by atoms with van der Waals surface area (Å²) >= 11 is 13.3. The van der Waals surface area contributed by atoms with Crippen LogP contribution < -0.4 is 14.5 Å². The summed E-state index contributed by atoms with van der Waals surface area (Å²) in [6.07, 6.45) is 1.47. The molecule has 1 heterocycles. The number of hydrogen-bond donors (Lipinski definition) is 0. The van der Waals surface area contributed by atoms with Crippen LogP contribution in [0.2, 0.25) is 5.02 Å². The molecule has 9 heteroatoms. The number of carbonyl (C=O) groups is 3. The summed E-state index contributed by atoms with van der Waals surface area (Å²) in [5.41, 5.74) is 1.93. The van der Waals surface area contributed by atoms with E-state index in [1.54, 1.807) is 78.9 Å². The van der Waals surface area contributed by atoms with Gasteiger partial charge in [0.25, 0.3) is 11.8 Å². The Morgan fingerprint density at radius 1 is 0.718 bits per heavy atom. The highest BCUT2D eigenvalue weighted by Crippen LogP contribution is 2.37. The van der Waals surface area contributed by atoms with Crippen molar-refractivity contribution in [2.75, 3.05) is 9.80 Å². The van der Waals surface area contributed by atoms with Crippen molar-refractivity contribution in [3.63, 3.8) is 0 Å². The third kappa shape index (κ3) is 5.54. The van der Waals surface area contributed by atoms with Gasteiger partial charge in [-0.15, -0.1) is 0 Å². The third-order valence-electron chi connectivity index (χ3n) is 5.94. The van der Waals surface area contributed by atoms with Gasteiger partial charge in [0.05, 0.1) is 20.3 Å². The van der Waals surface area contributed by atoms with Gasteiger partial charge < -0.3 is 4.74 Å². The Morgan fingerprint density at radius 3 is 1.72 bits per heavy atom. The Labute approximate surface area is 246 Å². The molecule has 0 spiro atoms. The molecule has 1 aliphatic heterocycles. The van der Waals surface area contributed by atoms with Crippen LogP contribution >= 0.6 is 43.5 Å². The molecule has 1 saturated heterocycles. The molecular weight excluding hydrogens is 648 g/mol. The van der Waals surface area contributed by atoms with Crippen LogP contribution in [0.25, 0.3) is 6.08 Å². The average molecular weight is 667 g/mol. The zero-order valence-electron chi connectivity index (χ0n) is 20.2. The van der Waals surface area contributed by atoms with Gasteiger partial charge in [0.2, 0.25) is 0 Å². The Bertz CT molecular complexity index is 1520. The molecule has 0 radical (unpaired) electrons. The van der Waals surface area contributed by atoms with Crippen molar-refractivity contribution in [2.45, 2.75) is 6.61 Å². The number of nitrogens with zero attached hydrogens (tertiary/aromatic N) is 2. The number of para-hydroxylation sites is 2. The highest BCUT2D eigenvalue weighted by Gasteiger charge is 2.43. The summed E-state index contributed by atoms with van der Waals surface area (Å²) in [5.74, 6) is -0.894. The lowest BCUT2D eigenvalue weighted by Crippen LogP contribution is -2.57. The normalized spacial score (nSPS) is 13.6. The molecule has 0 bridgehead atoms. The predicted octanol–water partition coefficient (Wildman–Crippen LogP) is 8.03. The van der Waals surface area contributed by atoms with Crippen molar-refractivity contribution in [1.29, 1.82) is 0 Å². The number of amides is 4. The highest BCUT2D eigenvalue weighted by atomic mass is 79.9. The fraction of sp³-hybridized carbons (Fsp3) is 0.0333. The minimum atomic E-state index is -0.745. The lowest BCUT2D eigenvalue weighted by atomic mass is 10.0. The third-order valence-corrected chi connectivity index (χ3v) is 7.49. The van der Waals surface area contributed by atoms with Gasteiger partial charge in [0.15, 0.2) is 0 Å². The van der Waals surface area contributed by atoms with Crippen molar-refractivity contribution in [3.05, 3.63) is 128 Å². The first kappa shape index (κ1) is 26.9. The van der Waals surface area contributed by atoms with Crippen LogP contribution in [0.5, 0.6) is 5.75 Å². The number of rotatable bonds is 6. The summed E-state index contributed by atoms with van der Waals surface area (Å²) in [6, 6.07) is 27.1. The number of anilines is 2. The van der Waals surface area contributed by atoms with Gasteiger partial charge in [-0.2, -0.15) is 0 Å². The maximum absolute atomic E-state index is 13.6. The largest absolute Gasteiger partial charge is 0.486 e. The maximum atomic E-state index is 13.6. The van der Waals surface area contributed by atoms with E-state index in [0.29, 0.717) is 36.7 Å². The first-order valence-electron chi connectivity index (χ1n) is 11.7. The number of benzene rings is 4. The predicted molar refractivity (Wildman–Crippen MR) is 159 cm³/mol. The van der Waals surface area contributed by atoms with Crippen LogP contribution in [0.1, 0.15) is 11.1 Å². The number of imide groups is 2. The SMILES string of the molecule is O=C1C(=Cc2cc(Br)c(OCc3ccccc3Cl)c(Br)c2)C(=O)N(c2ccccc2)C(=O)N1c1ccccc1. The number of carbonyl (C=O) groups excluding carboxylic acids is 3. The van der Waals surface area contributed by atoms with Crippen LogP contribution in [0.4, 0.5) is 16.2 Å². The zero-order valence-corrected chi connectivity index (χ0v) is 24.1. The average Bonchev–Trinajstić information content (AvgIpc) is 2.93. The molecule has 0 aliphatic carbocycles. The molecule has 0 N–H and O–H groups in total. The second kappa shape index (κ2) is 11.6. The lowest BCUT2D eigenvalue weighted by Gasteiger charge is -2.34. The minimum Gasteiger partial charge on any atom is -0.486 e. The maximum Gasteiger partial charge on any atom is 0.343 e. The Hall–Kier alpha value is -3.72. The number of halogens is 3. The zero-order chi connectivity index (χ0) is 27.5. The van der Waals surface area contributed by atoms with Crippen LogP contribution in [0.3, 0.4) is 0 Å². The fourth-order valence-electron chi connectivity index (χ4n) is 4.07. The van der Waals surface area contributed by atoms with Crippen molar-refractivity contribution in [1.82, 2.24) is 0 Å². The molecule has 5 rings (SSSR count). The van der Waals surface area contributed by atoms with Crippen LogP contribution in [0.15, 0.2) is 112 Å². The van der Waals surface area contributed by atoms with Gasteiger partial charge in [-0.05, 0) is 86.0 Å². The van der Waals surface area contributed by atoms with E-state index < -0.39 is 17.8 Å². The second-order valence-electron chi connectivity index (χ2n) is 8.49. The molecule has 0 unspecified atom stereocenters. The molecule has 0 saturated carbocycles. The molecule has 194 valence electrons. The Morgan fingerprint density at radius 2 is 1.21 bits per heavy atom. The Balaban J connectivity index is 1.52. The van der Waals surface area contributed by atoms with E-state index in [1.165, 1.54) is 6.08 Å². The van der Waals surface area contributed by atoms with E-state index in [2.05, 4.69) is 31.9 Å². The van der Waals surface area contributed by atoms with Crippen molar-refractivity contribution < 1.29 is 19.1 Å². The highest BCUT2D eigenvalue weighted by molar-refractivity contribution is 9.11. The lowest BCUT2D eigenvalue weighted by molar-refractivity contribution is -0.121. The topological polar surface area (TPSA) is 66.9 Å². The molecule has 4 aromatic rings. The fourth-order valence-corrected chi connectivity index (χ4v) is 5.71. The van der Waals surface area contributed by atoms with Gasteiger partial charge in [-0.25, -0.2) is 14.6 Å². The first-order valence-corrected chi connectivity index (χ1v) is 13.7. The van der Waals surface area contributed by atoms with E-state index in [4.69, 9.17) is 16.3 Å². The van der Waals surface area contributed by atoms with Gasteiger partial charge in [-0.1, -0.05) is 66.2 Å². The minimum absolute atomic E-state index is 0.161. The van der Waals surface area contributed by atoms with E-state index in [-0.39, 0.29) is 12.2 Å².